The van der Waals surface area contributed by atoms with Crippen LogP contribution >= 0.6 is 11.6 Å². The Kier molecular flexibility index (Phi) is 6.84. The van der Waals surface area contributed by atoms with Gasteiger partial charge in [0.1, 0.15) is 5.75 Å². The molecule has 0 saturated carbocycles. The summed E-state index contributed by atoms with van der Waals surface area (Å²) in [5, 5.41) is 5.49. The van der Waals surface area contributed by atoms with Crippen LogP contribution in [0.5, 0.6) is 5.75 Å². The fourth-order valence-corrected chi connectivity index (χ4v) is 4.96. The number of nitrogens with zero attached hydrogens (tertiary/aromatic N) is 1. The van der Waals surface area contributed by atoms with Gasteiger partial charge in [0.2, 0.25) is 10.0 Å². The number of nitrogens with one attached hydrogen (secondary N) is 2. The number of methoxy groups -OCH3 is 1. The second-order valence-corrected chi connectivity index (χ2v) is 9.13. The van der Waals surface area contributed by atoms with Gasteiger partial charge in [-0.25, -0.2) is 8.42 Å². The molecule has 0 aliphatic carbocycles. The summed E-state index contributed by atoms with van der Waals surface area (Å²) in [6.07, 6.45) is 1.38. The standard InChI is InChI=1S/C20H22ClN3O5S/c1-29-18-12-15(8-9-17(18)24-10-4-5-11-30(24,27)28)23-20(26)19(25)22-13-14-6-2-3-7-16(14)21/h2-3,6-9,12H,4-5,10-11,13H2,1H3,(H,22,25)(H,23,26). The average Bonchev–Trinajstić information content (AvgIpc) is 2.72. The maximum Gasteiger partial charge on any atom is 0.313 e. The fraction of sp³-hybridized carbons (Fsp3) is 0.300. The number of hydrogen-bond acceptors (Lipinski definition) is 5. The highest BCUT2D eigenvalue weighted by atomic mass is 35.5. The Labute approximate surface area is 180 Å². The number of hydrogen-bond donors (Lipinski definition) is 2. The van der Waals surface area contributed by atoms with Crippen molar-refractivity contribution in [2.24, 2.45) is 0 Å². The Hall–Kier alpha value is -2.78. The topological polar surface area (TPSA) is 105 Å². The van der Waals surface area contributed by atoms with Gasteiger partial charge in [0.25, 0.3) is 0 Å². The molecule has 0 radical (unpaired) electrons. The first-order chi connectivity index (χ1) is 14.3. The summed E-state index contributed by atoms with van der Waals surface area (Å²) < 4.78 is 31.3. The highest BCUT2D eigenvalue weighted by molar-refractivity contribution is 7.92. The summed E-state index contributed by atoms with van der Waals surface area (Å²) in [4.78, 5) is 24.3. The molecule has 1 fully saturated rings. The van der Waals surface area contributed by atoms with Crippen LogP contribution in [0.4, 0.5) is 11.4 Å². The van der Waals surface area contributed by atoms with E-state index >= 15 is 0 Å². The molecule has 8 nitrogen and oxygen atoms in total. The van der Waals surface area contributed by atoms with Crippen LogP contribution in [-0.2, 0) is 26.2 Å². The van der Waals surface area contributed by atoms with Gasteiger partial charge in [0.15, 0.2) is 0 Å². The number of carbonyl (C=O) groups excluding carboxylic acids is 2. The number of benzene rings is 2. The van der Waals surface area contributed by atoms with Crippen LogP contribution in [0.25, 0.3) is 0 Å². The van der Waals surface area contributed by atoms with Gasteiger partial charge in [-0.1, -0.05) is 29.8 Å². The van der Waals surface area contributed by atoms with Gasteiger partial charge in [0.05, 0.1) is 18.6 Å². The van der Waals surface area contributed by atoms with E-state index in [1.807, 2.05) is 0 Å². The summed E-state index contributed by atoms with van der Waals surface area (Å²) in [6, 6.07) is 11.6. The average molecular weight is 452 g/mol. The Morgan fingerprint density at radius 3 is 2.60 bits per heavy atom. The van der Waals surface area contributed by atoms with Gasteiger partial charge in [-0.3, -0.25) is 13.9 Å². The van der Waals surface area contributed by atoms with E-state index in [0.717, 1.165) is 6.42 Å². The van der Waals surface area contributed by atoms with Crippen molar-refractivity contribution in [1.29, 1.82) is 0 Å². The van der Waals surface area contributed by atoms with Crippen LogP contribution < -0.4 is 19.7 Å². The lowest BCUT2D eigenvalue weighted by molar-refractivity contribution is -0.136. The van der Waals surface area contributed by atoms with Crippen molar-refractivity contribution in [1.82, 2.24) is 5.32 Å². The predicted molar refractivity (Wildman–Crippen MR) is 115 cm³/mol. The van der Waals surface area contributed by atoms with E-state index in [9.17, 15) is 18.0 Å². The van der Waals surface area contributed by atoms with Gasteiger partial charge < -0.3 is 15.4 Å². The van der Waals surface area contributed by atoms with Gasteiger partial charge >= 0.3 is 11.8 Å². The largest absolute Gasteiger partial charge is 0.494 e. The van der Waals surface area contributed by atoms with Gasteiger partial charge in [0, 0.05) is 29.9 Å². The lowest BCUT2D eigenvalue weighted by Crippen LogP contribution is -2.38. The second kappa shape index (κ2) is 9.36. The summed E-state index contributed by atoms with van der Waals surface area (Å²) in [6.45, 7) is 0.482. The van der Waals surface area contributed by atoms with Crippen LogP contribution in [-0.4, -0.2) is 39.6 Å². The molecule has 160 valence electrons. The Morgan fingerprint density at radius 2 is 1.90 bits per heavy atom. The third-order valence-corrected chi connectivity index (χ3v) is 6.88. The molecule has 1 aliphatic heterocycles. The third-order valence-electron chi connectivity index (χ3n) is 4.66. The van der Waals surface area contributed by atoms with Crippen LogP contribution in [0.1, 0.15) is 18.4 Å². The number of amides is 2. The summed E-state index contributed by atoms with van der Waals surface area (Å²) >= 11 is 6.04. The molecule has 10 heteroatoms. The molecular formula is C20H22ClN3O5S. The quantitative estimate of drug-likeness (QED) is 0.679. The normalized spacial score (nSPS) is 15.3. The highest BCUT2D eigenvalue weighted by Crippen LogP contribution is 2.34. The zero-order valence-electron chi connectivity index (χ0n) is 16.4. The number of sulfonamides is 1. The van der Waals surface area contributed by atoms with Crippen molar-refractivity contribution in [2.45, 2.75) is 19.4 Å². The van der Waals surface area contributed by atoms with Crippen molar-refractivity contribution in [3.8, 4) is 5.75 Å². The Morgan fingerprint density at radius 1 is 1.13 bits per heavy atom. The number of ether oxygens (including phenoxy) is 1. The van der Waals surface area contributed by atoms with Crippen molar-refractivity contribution < 1.29 is 22.7 Å². The number of anilines is 2. The lowest BCUT2D eigenvalue weighted by atomic mass is 10.2. The second-order valence-electron chi connectivity index (χ2n) is 6.71. The maximum atomic E-state index is 12.4. The smallest absolute Gasteiger partial charge is 0.313 e. The van der Waals surface area contributed by atoms with E-state index in [0.29, 0.717) is 34.9 Å². The molecule has 1 aliphatic rings. The van der Waals surface area contributed by atoms with Crippen molar-refractivity contribution in [3.63, 3.8) is 0 Å². The minimum absolute atomic E-state index is 0.0836. The molecule has 2 aromatic rings. The third kappa shape index (κ3) is 5.03. The molecule has 30 heavy (non-hydrogen) atoms. The van der Waals surface area contributed by atoms with E-state index in [-0.39, 0.29) is 18.0 Å². The lowest BCUT2D eigenvalue weighted by Gasteiger charge is -2.29. The van der Waals surface area contributed by atoms with Crippen LogP contribution in [0, 0.1) is 0 Å². The van der Waals surface area contributed by atoms with Gasteiger partial charge in [-0.15, -0.1) is 0 Å². The Balaban J connectivity index is 1.68. The molecule has 3 rings (SSSR count). The monoisotopic (exact) mass is 451 g/mol. The number of rotatable bonds is 5. The van der Waals surface area contributed by atoms with Crippen LogP contribution in [0.2, 0.25) is 5.02 Å². The van der Waals surface area contributed by atoms with E-state index in [1.54, 1.807) is 30.3 Å². The SMILES string of the molecule is COc1cc(NC(=O)C(=O)NCc2ccccc2Cl)ccc1N1CCCCS1(=O)=O. The first-order valence-corrected chi connectivity index (χ1v) is 11.3. The fourth-order valence-electron chi connectivity index (χ4n) is 3.11. The zero-order chi connectivity index (χ0) is 21.7. The molecule has 1 heterocycles. The molecule has 2 amide bonds. The molecule has 2 N–H and O–H groups in total. The zero-order valence-corrected chi connectivity index (χ0v) is 17.9. The van der Waals surface area contributed by atoms with E-state index in [4.69, 9.17) is 16.3 Å². The summed E-state index contributed by atoms with van der Waals surface area (Å²) in [5.74, 6) is -1.31. The van der Waals surface area contributed by atoms with Crippen molar-refractivity contribution in [2.75, 3.05) is 29.0 Å². The Bertz CT molecular complexity index is 1060. The molecule has 0 spiro atoms. The summed E-state index contributed by atoms with van der Waals surface area (Å²) in [7, 11) is -1.99. The molecule has 2 aromatic carbocycles. The molecular weight excluding hydrogens is 430 g/mol. The van der Waals surface area contributed by atoms with Crippen LogP contribution in [0.15, 0.2) is 42.5 Å². The first kappa shape index (κ1) is 21.9. The maximum absolute atomic E-state index is 12.4. The van der Waals surface area contributed by atoms with Crippen molar-refractivity contribution in [3.05, 3.63) is 53.1 Å². The first-order valence-electron chi connectivity index (χ1n) is 9.33. The summed E-state index contributed by atoms with van der Waals surface area (Å²) in [5.41, 5.74) is 1.40. The number of carbonyl (C=O) groups is 2. The molecule has 0 unspecified atom stereocenters. The number of halogens is 1. The van der Waals surface area contributed by atoms with Crippen molar-refractivity contribution >= 4 is 44.8 Å². The minimum atomic E-state index is -3.40. The van der Waals surface area contributed by atoms with Gasteiger partial charge in [-0.2, -0.15) is 0 Å². The predicted octanol–water partition coefficient (Wildman–Crippen LogP) is 2.53. The van der Waals surface area contributed by atoms with E-state index in [1.165, 1.54) is 23.5 Å². The van der Waals surface area contributed by atoms with Gasteiger partial charge in [-0.05, 0) is 36.6 Å². The van der Waals surface area contributed by atoms with E-state index < -0.39 is 21.8 Å². The minimum Gasteiger partial charge on any atom is -0.494 e. The molecule has 0 bridgehead atoms. The van der Waals surface area contributed by atoms with E-state index in [2.05, 4.69) is 10.6 Å². The molecule has 0 atom stereocenters. The highest BCUT2D eigenvalue weighted by Gasteiger charge is 2.28. The van der Waals surface area contributed by atoms with Crippen LogP contribution in [0.3, 0.4) is 0 Å². The molecule has 0 aromatic heterocycles. The molecule has 1 saturated heterocycles.